The minimum atomic E-state index is -0.152. The number of rotatable bonds is 3. The lowest BCUT2D eigenvalue weighted by molar-refractivity contribution is 0.0947. The van der Waals surface area contributed by atoms with Crippen LogP contribution in [0.5, 0.6) is 0 Å². The van der Waals surface area contributed by atoms with Crippen LogP contribution in [0.3, 0.4) is 0 Å². The highest BCUT2D eigenvalue weighted by Gasteiger charge is 2.11. The molecule has 0 spiro atoms. The van der Waals surface area contributed by atoms with Crippen molar-refractivity contribution in [3.8, 4) is 6.07 Å². The van der Waals surface area contributed by atoms with E-state index in [-0.39, 0.29) is 5.91 Å². The number of aromatic amines is 1. The summed E-state index contributed by atoms with van der Waals surface area (Å²) >= 11 is 0. The number of nitrogens with one attached hydrogen (secondary N) is 2. The highest BCUT2D eigenvalue weighted by atomic mass is 16.1. The van der Waals surface area contributed by atoms with Gasteiger partial charge in [-0.3, -0.25) is 4.79 Å². The zero-order chi connectivity index (χ0) is 16.4. The Bertz CT molecular complexity index is 931. The molecule has 0 aliphatic rings. The molecule has 0 saturated heterocycles. The van der Waals surface area contributed by atoms with Crippen LogP contribution in [-0.2, 0) is 6.54 Å². The Morgan fingerprint density at radius 3 is 2.83 bits per heavy atom. The molecule has 2 N–H and O–H groups in total. The average Bonchev–Trinajstić information content (AvgIpc) is 2.97. The van der Waals surface area contributed by atoms with Gasteiger partial charge in [0.05, 0.1) is 11.6 Å². The summed E-state index contributed by atoms with van der Waals surface area (Å²) in [5.41, 5.74) is 5.33. The molecule has 4 heteroatoms. The van der Waals surface area contributed by atoms with Crippen LogP contribution in [-0.4, -0.2) is 10.9 Å². The normalized spacial score (nSPS) is 10.5. The number of benzene rings is 2. The standard InChI is InChI=1S/C19H17N3O/c1-12-6-13(2)16-9-18(22-17(16)7-12)19(23)21-11-15-5-3-4-14(8-15)10-20/h3-9,22H,11H2,1-2H3,(H,21,23). The van der Waals surface area contributed by atoms with Crippen molar-refractivity contribution >= 4 is 16.8 Å². The van der Waals surface area contributed by atoms with Crippen LogP contribution in [0.1, 0.15) is 32.7 Å². The van der Waals surface area contributed by atoms with Crippen LogP contribution in [0.2, 0.25) is 0 Å². The number of fused-ring (bicyclic) bond motifs is 1. The van der Waals surface area contributed by atoms with Gasteiger partial charge < -0.3 is 10.3 Å². The third-order valence-electron chi connectivity index (χ3n) is 3.84. The lowest BCUT2D eigenvalue weighted by atomic mass is 10.1. The minimum absolute atomic E-state index is 0.152. The Morgan fingerprint density at radius 1 is 1.22 bits per heavy atom. The molecule has 0 atom stereocenters. The third-order valence-corrected chi connectivity index (χ3v) is 3.84. The van der Waals surface area contributed by atoms with Crippen LogP contribution in [0, 0.1) is 25.2 Å². The van der Waals surface area contributed by atoms with E-state index < -0.39 is 0 Å². The van der Waals surface area contributed by atoms with E-state index in [0.717, 1.165) is 27.6 Å². The van der Waals surface area contributed by atoms with E-state index in [2.05, 4.69) is 22.4 Å². The Balaban J connectivity index is 1.78. The summed E-state index contributed by atoms with van der Waals surface area (Å²) in [6.07, 6.45) is 0. The Kier molecular flexibility index (Phi) is 3.86. The van der Waals surface area contributed by atoms with Gasteiger partial charge in [-0.1, -0.05) is 18.2 Å². The molecule has 3 rings (SSSR count). The lowest BCUT2D eigenvalue weighted by Crippen LogP contribution is -2.23. The number of aryl methyl sites for hydroxylation is 2. The molecule has 0 aliphatic heterocycles. The smallest absolute Gasteiger partial charge is 0.267 e. The van der Waals surface area contributed by atoms with E-state index in [9.17, 15) is 4.79 Å². The quantitative estimate of drug-likeness (QED) is 0.776. The SMILES string of the molecule is Cc1cc(C)c2cc(C(=O)NCc3cccc(C#N)c3)[nH]c2c1. The van der Waals surface area contributed by atoms with Crippen molar-refractivity contribution < 1.29 is 4.79 Å². The molecule has 4 nitrogen and oxygen atoms in total. The van der Waals surface area contributed by atoms with E-state index in [1.54, 1.807) is 12.1 Å². The summed E-state index contributed by atoms with van der Waals surface area (Å²) in [4.78, 5) is 15.5. The van der Waals surface area contributed by atoms with Gasteiger partial charge in [0.1, 0.15) is 5.69 Å². The highest BCUT2D eigenvalue weighted by Crippen LogP contribution is 2.21. The molecule has 0 radical (unpaired) electrons. The van der Waals surface area contributed by atoms with Gasteiger partial charge in [0.2, 0.25) is 0 Å². The molecule has 2 aromatic carbocycles. The van der Waals surface area contributed by atoms with E-state index in [1.165, 1.54) is 0 Å². The topological polar surface area (TPSA) is 68.7 Å². The van der Waals surface area contributed by atoms with Gasteiger partial charge >= 0.3 is 0 Å². The third kappa shape index (κ3) is 3.09. The molecule has 0 unspecified atom stereocenters. The maximum atomic E-state index is 12.3. The van der Waals surface area contributed by atoms with Gasteiger partial charge in [0.25, 0.3) is 5.91 Å². The molecule has 0 fully saturated rings. The molecular formula is C19H17N3O. The number of nitriles is 1. The Hall–Kier alpha value is -3.06. The van der Waals surface area contributed by atoms with Crippen LogP contribution < -0.4 is 5.32 Å². The second-order valence-corrected chi connectivity index (χ2v) is 5.72. The summed E-state index contributed by atoms with van der Waals surface area (Å²) in [5, 5.41) is 12.8. The fourth-order valence-electron chi connectivity index (χ4n) is 2.75. The van der Waals surface area contributed by atoms with Crippen LogP contribution >= 0.6 is 0 Å². The van der Waals surface area contributed by atoms with Crippen molar-refractivity contribution in [1.82, 2.24) is 10.3 Å². The van der Waals surface area contributed by atoms with E-state index in [1.807, 2.05) is 38.1 Å². The first-order valence-corrected chi connectivity index (χ1v) is 7.44. The van der Waals surface area contributed by atoms with Gasteiger partial charge in [-0.2, -0.15) is 5.26 Å². The van der Waals surface area contributed by atoms with Crippen molar-refractivity contribution in [2.75, 3.05) is 0 Å². The summed E-state index contributed by atoms with van der Waals surface area (Å²) in [5.74, 6) is -0.152. The number of aromatic nitrogens is 1. The summed E-state index contributed by atoms with van der Waals surface area (Å²) in [6, 6.07) is 15.3. The van der Waals surface area contributed by atoms with Gasteiger partial charge in [-0.15, -0.1) is 0 Å². The molecule has 23 heavy (non-hydrogen) atoms. The fourth-order valence-corrected chi connectivity index (χ4v) is 2.75. The largest absolute Gasteiger partial charge is 0.351 e. The first-order valence-electron chi connectivity index (χ1n) is 7.44. The molecule has 1 amide bonds. The zero-order valence-electron chi connectivity index (χ0n) is 13.1. The molecule has 3 aromatic rings. The second kappa shape index (κ2) is 5.98. The highest BCUT2D eigenvalue weighted by molar-refractivity contribution is 5.98. The zero-order valence-corrected chi connectivity index (χ0v) is 13.1. The van der Waals surface area contributed by atoms with Crippen molar-refractivity contribution in [3.05, 3.63) is 70.4 Å². The van der Waals surface area contributed by atoms with Crippen molar-refractivity contribution in [2.24, 2.45) is 0 Å². The number of amides is 1. The summed E-state index contributed by atoms with van der Waals surface area (Å²) < 4.78 is 0. The maximum absolute atomic E-state index is 12.3. The molecule has 0 aliphatic carbocycles. The van der Waals surface area contributed by atoms with Crippen molar-refractivity contribution in [2.45, 2.75) is 20.4 Å². The van der Waals surface area contributed by atoms with Gasteiger partial charge in [-0.05, 0) is 54.8 Å². The van der Waals surface area contributed by atoms with E-state index in [0.29, 0.717) is 17.8 Å². The van der Waals surface area contributed by atoms with E-state index >= 15 is 0 Å². The van der Waals surface area contributed by atoms with Crippen LogP contribution in [0.4, 0.5) is 0 Å². The first kappa shape index (κ1) is 14.9. The molecule has 1 heterocycles. The van der Waals surface area contributed by atoms with Gasteiger partial charge in [0, 0.05) is 17.4 Å². The number of carbonyl (C=O) groups excluding carboxylic acids is 1. The molecular weight excluding hydrogens is 286 g/mol. The average molecular weight is 303 g/mol. The molecule has 0 saturated carbocycles. The maximum Gasteiger partial charge on any atom is 0.267 e. The number of nitrogens with zero attached hydrogens (tertiary/aromatic N) is 1. The minimum Gasteiger partial charge on any atom is -0.351 e. The number of hydrogen-bond acceptors (Lipinski definition) is 2. The van der Waals surface area contributed by atoms with Gasteiger partial charge in [-0.25, -0.2) is 0 Å². The Morgan fingerprint density at radius 2 is 2.04 bits per heavy atom. The summed E-state index contributed by atoms with van der Waals surface area (Å²) in [7, 11) is 0. The second-order valence-electron chi connectivity index (χ2n) is 5.72. The van der Waals surface area contributed by atoms with Crippen LogP contribution in [0.25, 0.3) is 10.9 Å². The number of carbonyl (C=O) groups is 1. The lowest BCUT2D eigenvalue weighted by Gasteiger charge is -2.04. The fraction of sp³-hybridized carbons (Fsp3) is 0.158. The van der Waals surface area contributed by atoms with Gasteiger partial charge in [0.15, 0.2) is 0 Å². The predicted molar refractivity (Wildman–Crippen MR) is 90.1 cm³/mol. The monoisotopic (exact) mass is 303 g/mol. The van der Waals surface area contributed by atoms with Crippen molar-refractivity contribution in [3.63, 3.8) is 0 Å². The first-order chi connectivity index (χ1) is 11.1. The predicted octanol–water partition coefficient (Wildman–Crippen LogP) is 3.59. The van der Waals surface area contributed by atoms with Crippen LogP contribution in [0.15, 0.2) is 42.5 Å². The Labute approximate surface area is 134 Å². The van der Waals surface area contributed by atoms with Crippen molar-refractivity contribution in [1.29, 1.82) is 5.26 Å². The molecule has 114 valence electrons. The number of hydrogen-bond donors (Lipinski definition) is 2. The molecule has 0 bridgehead atoms. The molecule has 1 aromatic heterocycles. The number of H-pyrrole nitrogens is 1. The summed E-state index contributed by atoms with van der Waals surface area (Å²) in [6.45, 7) is 4.47. The van der Waals surface area contributed by atoms with E-state index in [4.69, 9.17) is 5.26 Å².